The minimum Gasteiger partial charge on any atom is -0.373 e. The molecule has 2 heterocycles. The van der Waals surface area contributed by atoms with E-state index < -0.39 is 0 Å². The van der Waals surface area contributed by atoms with Gasteiger partial charge in [-0.2, -0.15) is 0 Å². The van der Waals surface area contributed by atoms with E-state index >= 15 is 0 Å². The van der Waals surface area contributed by atoms with Crippen LogP contribution in [0.3, 0.4) is 0 Å². The van der Waals surface area contributed by atoms with E-state index in [2.05, 4.69) is 58.8 Å². The van der Waals surface area contributed by atoms with Crippen LogP contribution in [0.4, 0.5) is 0 Å². The topological polar surface area (TPSA) is 48.9 Å². The number of ether oxygens (including phenoxy) is 1. The molecule has 0 radical (unpaired) electrons. The standard InChI is InChI=1S/C22H36N4O.HI/c1-17-8-10-19(11-9-17)21-20(7-5-13-27-21)15-25-22(23-2)24-14-18-6-4-12-26(3)16-18;/h8-11,18,20-21H,4-7,12-16H2,1-3H3,(H2,23,24,25);1H. The SMILES string of the molecule is CN=C(NCC1CCCN(C)C1)NCC1CCCOC1c1ccc(C)cc1.I. The van der Waals surface area contributed by atoms with Gasteiger partial charge in [-0.25, -0.2) is 0 Å². The van der Waals surface area contributed by atoms with Crippen LogP contribution in [0.5, 0.6) is 0 Å². The predicted molar refractivity (Wildman–Crippen MR) is 128 cm³/mol. The molecule has 2 fully saturated rings. The van der Waals surface area contributed by atoms with Crippen molar-refractivity contribution < 1.29 is 4.74 Å². The molecule has 0 saturated carbocycles. The first-order chi connectivity index (χ1) is 13.2. The Morgan fingerprint density at radius 3 is 2.61 bits per heavy atom. The zero-order valence-electron chi connectivity index (χ0n) is 17.6. The van der Waals surface area contributed by atoms with Crippen molar-refractivity contribution in [1.82, 2.24) is 15.5 Å². The van der Waals surface area contributed by atoms with E-state index in [9.17, 15) is 0 Å². The van der Waals surface area contributed by atoms with Crippen molar-refractivity contribution in [2.24, 2.45) is 16.8 Å². The second-order valence-corrected chi connectivity index (χ2v) is 8.21. The summed E-state index contributed by atoms with van der Waals surface area (Å²) in [6, 6.07) is 8.79. The van der Waals surface area contributed by atoms with Crippen molar-refractivity contribution in [3.05, 3.63) is 35.4 Å². The lowest BCUT2D eigenvalue weighted by Gasteiger charge is -2.33. The van der Waals surface area contributed by atoms with Crippen LogP contribution >= 0.6 is 24.0 Å². The third-order valence-corrected chi connectivity index (χ3v) is 5.89. The van der Waals surface area contributed by atoms with Gasteiger partial charge < -0.3 is 20.3 Å². The Hall–Kier alpha value is -0.860. The molecule has 0 bridgehead atoms. The summed E-state index contributed by atoms with van der Waals surface area (Å²) < 4.78 is 6.14. The molecule has 1 aromatic carbocycles. The highest BCUT2D eigenvalue weighted by molar-refractivity contribution is 14.0. The maximum Gasteiger partial charge on any atom is 0.190 e. The van der Waals surface area contributed by atoms with Gasteiger partial charge in [0, 0.05) is 39.2 Å². The number of likely N-dealkylation sites (tertiary alicyclic amines) is 1. The molecule has 6 heteroatoms. The molecule has 2 aliphatic heterocycles. The molecule has 0 aromatic heterocycles. The number of halogens is 1. The smallest absolute Gasteiger partial charge is 0.190 e. The zero-order chi connectivity index (χ0) is 19.1. The number of aryl methyl sites for hydroxylation is 1. The molecule has 158 valence electrons. The quantitative estimate of drug-likeness (QED) is 0.369. The molecule has 2 aliphatic rings. The highest BCUT2D eigenvalue weighted by atomic mass is 127. The number of rotatable bonds is 5. The van der Waals surface area contributed by atoms with Gasteiger partial charge in [-0.3, -0.25) is 4.99 Å². The number of hydrogen-bond donors (Lipinski definition) is 2. The highest BCUT2D eigenvalue weighted by Crippen LogP contribution is 2.33. The Kier molecular flexibility index (Phi) is 10.0. The van der Waals surface area contributed by atoms with Crippen molar-refractivity contribution in [3.63, 3.8) is 0 Å². The summed E-state index contributed by atoms with van der Waals surface area (Å²) in [4.78, 5) is 6.85. The van der Waals surface area contributed by atoms with Gasteiger partial charge in [0.05, 0.1) is 6.10 Å². The van der Waals surface area contributed by atoms with E-state index in [0.717, 1.165) is 32.1 Å². The maximum absolute atomic E-state index is 6.14. The zero-order valence-corrected chi connectivity index (χ0v) is 19.9. The van der Waals surface area contributed by atoms with Gasteiger partial charge in [0.2, 0.25) is 0 Å². The maximum atomic E-state index is 6.14. The highest BCUT2D eigenvalue weighted by Gasteiger charge is 2.27. The van der Waals surface area contributed by atoms with Crippen LogP contribution in [0.15, 0.2) is 29.3 Å². The van der Waals surface area contributed by atoms with Crippen molar-refractivity contribution in [1.29, 1.82) is 0 Å². The lowest BCUT2D eigenvalue weighted by molar-refractivity contribution is -0.0265. The fourth-order valence-corrected chi connectivity index (χ4v) is 4.31. The molecule has 2 N–H and O–H groups in total. The number of piperidine rings is 1. The van der Waals surface area contributed by atoms with Crippen LogP contribution in [0.25, 0.3) is 0 Å². The fourth-order valence-electron chi connectivity index (χ4n) is 4.31. The van der Waals surface area contributed by atoms with Crippen molar-refractivity contribution in [3.8, 4) is 0 Å². The molecule has 0 amide bonds. The first kappa shape index (κ1) is 23.4. The van der Waals surface area contributed by atoms with Crippen LogP contribution < -0.4 is 10.6 Å². The van der Waals surface area contributed by atoms with Gasteiger partial charge in [-0.05, 0) is 57.7 Å². The lowest BCUT2D eigenvalue weighted by atomic mass is 9.89. The Balaban J connectivity index is 0.00000280. The first-order valence-corrected chi connectivity index (χ1v) is 10.5. The third kappa shape index (κ3) is 6.88. The summed E-state index contributed by atoms with van der Waals surface area (Å²) >= 11 is 0. The summed E-state index contributed by atoms with van der Waals surface area (Å²) in [5, 5.41) is 7.08. The first-order valence-electron chi connectivity index (χ1n) is 10.5. The average molecular weight is 500 g/mol. The third-order valence-electron chi connectivity index (χ3n) is 5.89. The van der Waals surface area contributed by atoms with E-state index in [1.807, 2.05) is 7.05 Å². The minimum absolute atomic E-state index is 0. The number of nitrogens with one attached hydrogen (secondary N) is 2. The molecule has 28 heavy (non-hydrogen) atoms. The summed E-state index contributed by atoms with van der Waals surface area (Å²) in [6.45, 7) is 7.28. The van der Waals surface area contributed by atoms with E-state index in [-0.39, 0.29) is 30.1 Å². The molecule has 5 nitrogen and oxygen atoms in total. The molecule has 3 atom stereocenters. The van der Waals surface area contributed by atoms with Gasteiger partial charge >= 0.3 is 0 Å². The Labute approximate surface area is 187 Å². The molecule has 0 spiro atoms. The molecule has 0 aliphatic carbocycles. The van der Waals surface area contributed by atoms with E-state index in [4.69, 9.17) is 4.74 Å². The van der Waals surface area contributed by atoms with Gasteiger partial charge in [-0.15, -0.1) is 24.0 Å². The molecule has 1 aromatic rings. The van der Waals surface area contributed by atoms with Gasteiger partial charge in [0.15, 0.2) is 5.96 Å². The summed E-state index contributed by atoms with van der Waals surface area (Å²) in [6.07, 6.45) is 5.11. The van der Waals surface area contributed by atoms with Crippen LogP contribution in [0, 0.1) is 18.8 Å². The van der Waals surface area contributed by atoms with Gasteiger partial charge in [0.1, 0.15) is 0 Å². The molecular formula is C22H37IN4O. The number of guanidine groups is 1. The Bertz CT molecular complexity index is 607. The van der Waals surface area contributed by atoms with Crippen molar-refractivity contribution >= 4 is 29.9 Å². The normalized spacial score (nSPS) is 26.4. The van der Waals surface area contributed by atoms with Crippen LogP contribution in [-0.4, -0.2) is 57.7 Å². The summed E-state index contributed by atoms with van der Waals surface area (Å²) in [7, 11) is 4.07. The van der Waals surface area contributed by atoms with E-state index in [1.54, 1.807) is 0 Å². The summed E-state index contributed by atoms with van der Waals surface area (Å²) in [5.74, 6) is 2.10. The van der Waals surface area contributed by atoms with Crippen LogP contribution in [0.2, 0.25) is 0 Å². The number of benzene rings is 1. The van der Waals surface area contributed by atoms with E-state index in [1.165, 1.54) is 43.5 Å². The molecular weight excluding hydrogens is 463 g/mol. The number of aliphatic imine (C=N–C) groups is 1. The van der Waals surface area contributed by atoms with Crippen LogP contribution in [-0.2, 0) is 4.74 Å². The lowest BCUT2D eigenvalue weighted by Crippen LogP contribution is -2.45. The number of nitrogens with zero attached hydrogens (tertiary/aromatic N) is 2. The molecule has 3 unspecified atom stereocenters. The second kappa shape index (κ2) is 12.0. The largest absolute Gasteiger partial charge is 0.373 e. The predicted octanol–water partition coefficient (Wildman–Crippen LogP) is 3.59. The van der Waals surface area contributed by atoms with Gasteiger partial charge in [-0.1, -0.05) is 29.8 Å². The monoisotopic (exact) mass is 500 g/mol. The molecule has 2 saturated heterocycles. The van der Waals surface area contributed by atoms with Crippen molar-refractivity contribution in [2.45, 2.75) is 38.7 Å². The van der Waals surface area contributed by atoms with Gasteiger partial charge in [0.25, 0.3) is 0 Å². The van der Waals surface area contributed by atoms with Crippen molar-refractivity contribution in [2.75, 3.05) is 46.9 Å². The Morgan fingerprint density at radius 1 is 1.14 bits per heavy atom. The fraction of sp³-hybridized carbons (Fsp3) is 0.682. The second-order valence-electron chi connectivity index (χ2n) is 8.21. The minimum atomic E-state index is 0. The van der Waals surface area contributed by atoms with E-state index in [0.29, 0.717) is 11.8 Å². The molecule has 3 rings (SSSR count). The number of hydrogen-bond acceptors (Lipinski definition) is 3. The van der Waals surface area contributed by atoms with Crippen LogP contribution in [0.1, 0.15) is 42.9 Å². The average Bonchev–Trinajstić information content (AvgIpc) is 2.69. The summed E-state index contributed by atoms with van der Waals surface area (Å²) in [5.41, 5.74) is 2.59. The Morgan fingerprint density at radius 2 is 1.89 bits per heavy atom.